The van der Waals surface area contributed by atoms with Gasteiger partial charge in [-0.05, 0) is 29.3 Å². The Labute approximate surface area is 97.4 Å². The van der Waals surface area contributed by atoms with Crippen LogP contribution in [0.3, 0.4) is 0 Å². The molecular formula is C10H13NO2S2. The molecule has 1 rings (SSSR count). The van der Waals surface area contributed by atoms with Crippen molar-refractivity contribution in [1.82, 2.24) is 4.31 Å². The standard InChI is InChI=1S/C10H13NO2S2/c1-2-8-11(10(12)13)15-14-9-6-4-3-5-7-9/h3-7H,2,8H2,1H3,(H,12,13). The van der Waals surface area contributed by atoms with E-state index < -0.39 is 6.09 Å². The first-order chi connectivity index (χ1) is 7.24. The lowest BCUT2D eigenvalue weighted by molar-refractivity contribution is 0.176. The average molecular weight is 243 g/mol. The van der Waals surface area contributed by atoms with Crippen molar-refractivity contribution in [3.05, 3.63) is 30.3 Å². The molecule has 0 heterocycles. The van der Waals surface area contributed by atoms with E-state index in [2.05, 4.69) is 0 Å². The Balaban J connectivity index is 2.43. The van der Waals surface area contributed by atoms with Crippen LogP contribution < -0.4 is 0 Å². The Kier molecular flexibility index (Phi) is 5.42. The van der Waals surface area contributed by atoms with E-state index in [1.165, 1.54) is 26.1 Å². The van der Waals surface area contributed by atoms with Crippen LogP contribution in [0.5, 0.6) is 0 Å². The summed E-state index contributed by atoms with van der Waals surface area (Å²) in [6, 6.07) is 9.74. The first-order valence-corrected chi connectivity index (χ1v) is 6.75. The van der Waals surface area contributed by atoms with Crippen LogP contribution in [0.4, 0.5) is 4.79 Å². The third-order valence-electron chi connectivity index (χ3n) is 1.61. The van der Waals surface area contributed by atoms with Crippen LogP contribution in [0.15, 0.2) is 35.2 Å². The minimum Gasteiger partial charge on any atom is -0.464 e. The fourth-order valence-electron chi connectivity index (χ4n) is 0.932. The van der Waals surface area contributed by atoms with E-state index in [0.29, 0.717) is 6.54 Å². The number of hydrogen-bond donors (Lipinski definition) is 1. The fourth-order valence-corrected chi connectivity index (χ4v) is 2.97. The van der Waals surface area contributed by atoms with Crippen molar-refractivity contribution in [3.8, 4) is 0 Å². The molecule has 1 aromatic rings. The largest absolute Gasteiger partial charge is 0.464 e. The number of nitrogens with zero attached hydrogens (tertiary/aromatic N) is 1. The molecule has 0 aliphatic heterocycles. The highest BCUT2D eigenvalue weighted by Crippen LogP contribution is 2.33. The Morgan fingerprint density at radius 1 is 1.40 bits per heavy atom. The van der Waals surface area contributed by atoms with E-state index in [9.17, 15) is 4.79 Å². The fraction of sp³-hybridized carbons (Fsp3) is 0.300. The molecule has 0 spiro atoms. The number of hydrogen-bond acceptors (Lipinski definition) is 3. The number of rotatable bonds is 5. The molecule has 0 atom stereocenters. The highest BCUT2D eigenvalue weighted by Gasteiger charge is 2.11. The van der Waals surface area contributed by atoms with Gasteiger partial charge in [0, 0.05) is 22.4 Å². The van der Waals surface area contributed by atoms with Gasteiger partial charge in [0.15, 0.2) is 0 Å². The van der Waals surface area contributed by atoms with E-state index in [-0.39, 0.29) is 0 Å². The van der Waals surface area contributed by atoms with Gasteiger partial charge in [0.25, 0.3) is 0 Å². The van der Waals surface area contributed by atoms with Crippen LogP contribution in [0.25, 0.3) is 0 Å². The summed E-state index contributed by atoms with van der Waals surface area (Å²) in [5, 5.41) is 8.87. The predicted molar refractivity (Wildman–Crippen MR) is 64.9 cm³/mol. The predicted octanol–water partition coefficient (Wildman–Crippen LogP) is 3.73. The summed E-state index contributed by atoms with van der Waals surface area (Å²) in [4.78, 5) is 11.9. The second-order valence-corrected chi connectivity index (χ2v) is 5.03. The van der Waals surface area contributed by atoms with Crippen molar-refractivity contribution in [1.29, 1.82) is 0 Å². The van der Waals surface area contributed by atoms with Crippen LogP contribution in [-0.2, 0) is 0 Å². The first-order valence-electron chi connectivity index (χ1n) is 4.64. The summed E-state index contributed by atoms with van der Waals surface area (Å²) < 4.78 is 1.34. The monoisotopic (exact) mass is 243 g/mol. The number of carboxylic acid groups (broad SMARTS) is 1. The summed E-state index contributed by atoms with van der Waals surface area (Å²) in [7, 11) is 2.72. The van der Waals surface area contributed by atoms with Gasteiger partial charge >= 0.3 is 6.09 Å². The molecule has 0 aliphatic carbocycles. The van der Waals surface area contributed by atoms with E-state index >= 15 is 0 Å². The third kappa shape index (κ3) is 4.48. The first kappa shape index (κ1) is 12.3. The zero-order valence-electron chi connectivity index (χ0n) is 8.42. The van der Waals surface area contributed by atoms with Gasteiger partial charge in [0.2, 0.25) is 0 Å². The van der Waals surface area contributed by atoms with Gasteiger partial charge in [-0.25, -0.2) is 9.10 Å². The minimum absolute atomic E-state index is 0.555. The Morgan fingerprint density at radius 3 is 2.60 bits per heavy atom. The summed E-state index contributed by atoms with van der Waals surface area (Å²) in [5.41, 5.74) is 0. The van der Waals surface area contributed by atoms with Crippen molar-refractivity contribution >= 4 is 27.9 Å². The van der Waals surface area contributed by atoms with Gasteiger partial charge in [-0.15, -0.1) is 0 Å². The van der Waals surface area contributed by atoms with Crippen molar-refractivity contribution in [2.24, 2.45) is 0 Å². The molecule has 0 fully saturated rings. The van der Waals surface area contributed by atoms with Gasteiger partial charge in [-0.1, -0.05) is 25.1 Å². The Hall–Kier alpha value is -0.810. The summed E-state index contributed by atoms with van der Waals surface area (Å²) in [6.07, 6.45) is -0.0560. The topological polar surface area (TPSA) is 40.5 Å². The zero-order valence-corrected chi connectivity index (χ0v) is 10.1. The maximum absolute atomic E-state index is 10.8. The molecule has 1 aromatic carbocycles. The third-order valence-corrected chi connectivity index (χ3v) is 4.01. The van der Waals surface area contributed by atoms with Crippen LogP contribution in [0.2, 0.25) is 0 Å². The van der Waals surface area contributed by atoms with Crippen LogP contribution in [0.1, 0.15) is 13.3 Å². The second-order valence-electron chi connectivity index (χ2n) is 2.86. The lowest BCUT2D eigenvalue weighted by Gasteiger charge is -2.15. The number of benzene rings is 1. The van der Waals surface area contributed by atoms with Gasteiger partial charge < -0.3 is 5.11 Å². The molecule has 0 unspecified atom stereocenters. The molecule has 0 saturated carbocycles. The van der Waals surface area contributed by atoms with E-state index in [1.807, 2.05) is 37.3 Å². The molecular weight excluding hydrogens is 230 g/mol. The molecule has 82 valence electrons. The summed E-state index contributed by atoms with van der Waals surface area (Å²) in [6.45, 7) is 2.52. The molecule has 1 N–H and O–H groups in total. The van der Waals surface area contributed by atoms with Gasteiger partial charge in [0.05, 0.1) is 0 Å². The highest BCUT2D eigenvalue weighted by atomic mass is 33.1. The normalized spacial score (nSPS) is 9.93. The molecule has 5 heteroatoms. The van der Waals surface area contributed by atoms with Crippen molar-refractivity contribution in [2.45, 2.75) is 18.2 Å². The lowest BCUT2D eigenvalue weighted by Crippen LogP contribution is -2.21. The Bertz CT molecular complexity index is 306. The molecule has 0 radical (unpaired) electrons. The molecule has 0 bridgehead atoms. The summed E-state index contributed by atoms with van der Waals surface area (Å²) >= 11 is 0. The minimum atomic E-state index is -0.884. The highest BCUT2D eigenvalue weighted by molar-refractivity contribution is 8.75. The van der Waals surface area contributed by atoms with Crippen LogP contribution >= 0.6 is 21.8 Å². The van der Waals surface area contributed by atoms with E-state index in [1.54, 1.807) is 0 Å². The van der Waals surface area contributed by atoms with E-state index in [4.69, 9.17) is 5.11 Å². The van der Waals surface area contributed by atoms with Gasteiger partial charge in [-0.3, -0.25) is 0 Å². The molecule has 15 heavy (non-hydrogen) atoms. The molecule has 0 saturated heterocycles. The van der Waals surface area contributed by atoms with Crippen LogP contribution in [-0.4, -0.2) is 22.0 Å². The molecule has 1 amide bonds. The smallest absolute Gasteiger partial charge is 0.418 e. The van der Waals surface area contributed by atoms with Crippen molar-refractivity contribution in [2.75, 3.05) is 6.54 Å². The van der Waals surface area contributed by atoms with E-state index in [0.717, 1.165) is 11.3 Å². The lowest BCUT2D eigenvalue weighted by atomic mass is 10.4. The van der Waals surface area contributed by atoms with Gasteiger partial charge in [0.1, 0.15) is 0 Å². The average Bonchev–Trinajstić information content (AvgIpc) is 2.25. The summed E-state index contributed by atoms with van der Waals surface area (Å²) in [5.74, 6) is 0. The molecule has 3 nitrogen and oxygen atoms in total. The maximum atomic E-state index is 10.8. The Morgan fingerprint density at radius 2 is 2.07 bits per heavy atom. The quantitative estimate of drug-likeness (QED) is 0.632. The maximum Gasteiger partial charge on any atom is 0.418 e. The molecule has 0 aromatic heterocycles. The van der Waals surface area contributed by atoms with Crippen LogP contribution in [0, 0.1) is 0 Å². The molecule has 0 aliphatic rings. The van der Waals surface area contributed by atoms with Gasteiger partial charge in [-0.2, -0.15) is 0 Å². The van der Waals surface area contributed by atoms with Crippen molar-refractivity contribution < 1.29 is 9.90 Å². The SMILES string of the molecule is CCCN(SSc1ccccc1)C(=O)O. The zero-order chi connectivity index (χ0) is 11.1. The second kappa shape index (κ2) is 6.63. The van der Waals surface area contributed by atoms with Crippen molar-refractivity contribution in [3.63, 3.8) is 0 Å². The number of carbonyl (C=O) groups is 1. The number of amides is 1.